The van der Waals surface area contributed by atoms with Crippen molar-refractivity contribution in [1.82, 2.24) is 0 Å². The molecule has 0 radical (unpaired) electrons. The van der Waals surface area contributed by atoms with Gasteiger partial charge >= 0.3 is 0 Å². The summed E-state index contributed by atoms with van der Waals surface area (Å²) in [5.41, 5.74) is 10.4. The van der Waals surface area contributed by atoms with Gasteiger partial charge in [-0.3, -0.25) is 0 Å². The lowest BCUT2D eigenvalue weighted by Gasteiger charge is -2.32. The first kappa shape index (κ1) is 14.0. The van der Waals surface area contributed by atoms with Crippen molar-refractivity contribution in [3.63, 3.8) is 0 Å². The minimum Gasteiger partial charge on any atom is -0.0987 e. The second-order valence-corrected chi connectivity index (χ2v) is 6.33. The molecule has 0 aromatic heterocycles. The molecule has 2 aromatic rings. The third-order valence-electron chi connectivity index (χ3n) is 5.58. The van der Waals surface area contributed by atoms with Crippen molar-refractivity contribution in [1.29, 1.82) is 0 Å². The second kappa shape index (κ2) is 4.70. The lowest BCUT2D eigenvalue weighted by molar-refractivity contribution is 0.759. The topological polar surface area (TPSA) is 0 Å². The largest absolute Gasteiger partial charge is 0.0987 e. The fourth-order valence-corrected chi connectivity index (χ4v) is 4.54. The third-order valence-corrected chi connectivity index (χ3v) is 5.58. The summed E-state index contributed by atoms with van der Waals surface area (Å²) >= 11 is 0. The van der Waals surface area contributed by atoms with E-state index in [9.17, 15) is 0 Å². The Labute approximate surface area is 138 Å². The predicted octanol–water partition coefficient (Wildman–Crippen LogP) is 5.92. The molecule has 23 heavy (non-hydrogen) atoms. The molecule has 0 amide bonds. The van der Waals surface area contributed by atoms with E-state index in [0.29, 0.717) is 0 Å². The van der Waals surface area contributed by atoms with Gasteiger partial charge in [0.05, 0.1) is 5.41 Å². The minimum atomic E-state index is -0.206. The van der Waals surface area contributed by atoms with Crippen molar-refractivity contribution in [3.8, 4) is 0 Å². The molecule has 0 heterocycles. The van der Waals surface area contributed by atoms with E-state index in [1.54, 1.807) is 0 Å². The highest BCUT2D eigenvalue weighted by Gasteiger charge is 2.50. The number of fused-ring (bicyclic) bond motifs is 4. The van der Waals surface area contributed by atoms with Gasteiger partial charge in [0.25, 0.3) is 0 Å². The quantitative estimate of drug-likeness (QED) is 0.645. The van der Waals surface area contributed by atoms with E-state index in [2.05, 4.69) is 75.5 Å². The van der Waals surface area contributed by atoms with Gasteiger partial charge in [-0.2, -0.15) is 0 Å². The van der Waals surface area contributed by atoms with Crippen LogP contribution < -0.4 is 0 Å². The summed E-state index contributed by atoms with van der Waals surface area (Å²) in [5.74, 6) is 0. The summed E-state index contributed by atoms with van der Waals surface area (Å²) in [6.07, 6.45) is 4.00. The Bertz CT molecular complexity index is 921. The summed E-state index contributed by atoms with van der Waals surface area (Å²) in [6.45, 7) is 12.7. The molecular formula is C23H20. The highest BCUT2D eigenvalue weighted by Crippen LogP contribution is 2.60. The molecule has 1 unspecified atom stereocenters. The number of hydrogen-bond donors (Lipinski definition) is 0. The van der Waals surface area contributed by atoms with Gasteiger partial charge in [-0.1, -0.05) is 79.4 Å². The first-order valence-electron chi connectivity index (χ1n) is 8.05. The molecule has 0 saturated carbocycles. The molecule has 0 heteroatoms. The average molecular weight is 296 g/mol. The number of rotatable bonds is 2. The van der Waals surface area contributed by atoms with Crippen LogP contribution in [0.1, 0.15) is 36.1 Å². The maximum absolute atomic E-state index is 4.15. The van der Waals surface area contributed by atoms with Crippen molar-refractivity contribution in [2.24, 2.45) is 0 Å². The van der Waals surface area contributed by atoms with E-state index in [1.807, 2.05) is 12.2 Å². The molecule has 0 fully saturated rings. The van der Waals surface area contributed by atoms with Crippen LogP contribution in [-0.4, -0.2) is 0 Å². The van der Waals surface area contributed by atoms with Crippen LogP contribution in [0.25, 0.3) is 11.1 Å². The van der Waals surface area contributed by atoms with Crippen molar-refractivity contribution in [3.05, 3.63) is 107 Å². The van der Waals surface area contributed by atoms with Gasteiger partial charge < -0.3 is 0 Å². The smallest absolute Gasteiger partial charge is 0.0682 e. The average Bonchev–Trinajstić information content (AvgIpc) is 3.01. The molecule has 0 saturated heterocycles. The van der Waals surface area contributed by atoms with Crippen molar-refractivity contribution in [2.75, 3.05) is 0 Å². The first-order valence-corrected chi connectivity index (χ1v) is 8.05. The standard InChI is InChI=1S/C23H20/c1-5-17-19-12-8-10-14-22(19)23(20(17)6-2)16(4)15(3)18-11-7-9-13-21(18)23/h5-14H,1-2H2,3-4H3. The highest BCUT2D eigenvalue weighted by molar-refractivity contribution is 5.96. The third kappa shape index (κ3) is 1.46. The first-order chi connectivity index (χ1) is 11.2. The van der Waals surface area contributed by atoms with Gasteiger partial charge in [0.1, 0.15) is 0 Å². The normalized spacial score (nSPS) is 21.7. The van der Waals surface area contributed by atoms with Gasteiger partial charge in [-0.25, -0.2) is 0 Å². The van der Waals surface area contributed by atoms with Crippen LogP contribution in [0.5, 0.6) is 0 Å². The van der Waals surface area contributed by atoms with E-state index < -0.39 is 0 Å². The summed E-state index contributed by atoms with van der Waals surface area (Å²) in [5, 5.41) is 0. The maximum atomic E-state index is 4.15. The van der Waals surface area contributed by atoms with E-state index in [-0.39, 0.29) is 5.41 Å². The summed E-state index contributed by atoms with van der Waals surface area (Å²) in [6, 6.07) is 17.5. The Hall–Kier alpha value is -2.60. The summed E-state index contributed by atoms with van der Waals surface area (Å²) < 4.78 is 0. The Morgan fingerprint density at radius 1 is 0.783 bits per heavy atom. The summed E-state index contributed by atoms with van der Waals surface area (Å²) in [4.78, 5) is 0. The maximum Gasteiger partial charge on any atom is 0.0682 e. The van der Waals surface area contributed by atoms with Crippen LogP contribution in [0.15, 0.2) is 85.0 Å². The van der Waals surface area contributed by atoms with Crippen LogP contribution in [-0.2, 0) is 5.41 Å². The number of hydrogen-bond acceptors (Lipinski definition) is 0. The Kier molecular flexibility index (Phi) is 2.86. The minimum absolute atomic E-state index is 0.206. The van der Waals surface area contributed by atoms with Crippen molar-refractivity contribution < 1.29 is 0 Å². The molecule has 1 atom stereocenters. The van der Waals surface area contributed by atoms with Crippen LogP contribution in [0.3, 0.4) is 0 Å². The van der Waals surface area contributed by atoms with Crippen LogP contribution in [0, 0.1) is 0 Å². The van der Waals surface area contributed by atoms with Gasteiger partial charge in [0.2, 0.25) is 0 Å². The SMILES string of the molecule is C=CC1=C(C=C)C2(C(C)=C(C)c3ccccc32)c2ccccc21. The van der Waals surface area contributed by atoms with Gasteiger partial charge in [-0.05, 0) is 52.8 Å². The monoisotopic (exact) mass is 296 g/mol. The Morgan fingerprint density at radius 2 is 1.35 bits per heavy atom. The molecule has 1 spiro atoms. The number of benzene rings is 2. The van der Waals surface area contributed by atoms with Gasteiger partial charge in [0, 0.05) is 0 Å². The Morgan fingerprint density at radius 3 is 1.96 bits per heavy atom. The molecule has 0 bridgehead atoms. The number of allylic oxidation sites excluding steroid dienone is 6. The lowest BCUT2D eigenvalue weighted by atomic mass is 9.69. The van der Waals surface area contributed by atoms with E-state index in [1.165, 1.54) is 44.5 Å². The zero-order valence-corrected chi connectivity index (χ0v) is 13.7. The fraction of sp³-hybridized carbons (Fsp3) is 0.130. The molecule has 0 nitrogen and oxygen atoms in total. The highest BCUT2D eigenvalue weighted by atomic mass is 14.5. The van der Waals surface area contributed by atoms with E-state index >= 15 is 0 Å². The summed E-state index contributed by atoms with van der Waals surface area (Å²) in [7, 11) is 0. The molecule has 4 rings (SSSR count). The zero-order valence-electron chi connectivity index (χ0n) is 13.7. The van der Waals surface area contributed by atoms with Gasteiger partial charge in [-0.15, -0.1) is 0 Å². The molecule has 0 aliphatic heterocycles. The predicted molar refractivity (Wildman–Crippen MR) is 99.2 cm³/mol. The second-order valence-electron chi connectivity index (χ2n) is 6.33. The molecule has 2 aliphatic carbocycles. The van der Waals surface area contributed by atoms with Gasteiger partial charge in [0.15, 0.2) is 0 Å². The van der Waals surface area contributed by atoms with E-state index in [4.69, 9.17) is 0 Å². The van der Waals surface area contributed by atoms with Crippen LogP contribution in [0.4, 0.5) is 0 Å². The van der Waals surface area contributed by atoms with E-state index in [0.717, 1.165) is 0 Å². The molecular weight excluding hydrogens is 276 g/mol. The Balaban J connectivity index is 2.23. The molecule has 112 valence electrons. The van der Waals surface area contributed by atoms with Crippen molar-refractivity contribution >= 4 is 11.1 Å². The fourth-order valence-electron chi connectivity index (χ4n) is 4.54. The zero-order chi connectivity index (χ0) is 16.2. The lowest BCUT2D eigenvalue weighted by Crippen LogP contribution is -2.27. The molecule has 2 aromatic carbocycles. The molecule has 2 aliphatic rings. The molecule has 0 N–H and O–H groups in total. The van der Waals surface area contributed by atoms with Crippen LogP contribution in [0.2, 0.25) is 0 Å². The van der Waals surface area contributed by atoms with Crippen molar-refractivity contribution in [2.45, 2.75) is 19.3 Å². The van der Waals surface area contributed by atoms with Crippen LogP contribution >= 0.6 is 0 Å².